The molecule has 2 aliphatic heterocycles. The van der Waals surface area contributed by atoms with Gasteiger partial charge in [0.25, 0.3) is 11.1 Å². The largest absolute Gasteiger partial charge is 0.378 e. The van der Waals surface area contributed by atoms with Crippen LogP contribution < -0.4 is 10.2 Å². The smallest absolute Gasteiger partial charge is 0.294 e. The van der Waals surface area contributed by atoms with Gasteiger partial charge in [0.1, 0.15) is 6.54 Å². The predicted octanol–water partition coefficient (Wildman–Crippen LogP) is 3.85. The Morgan fingerprint density at radius 1 is 1.10 bits per heavy atom. The van der Waals surface area contributed by atoms with Gasteiger partial charge in [0.2, 0.25) is 5.91 Å². The van der Waals surface area contributed by atoms with Crippen molar-refractivity contribution in [2.75, 3.05) is 43.1 Å². The van der Waals surface area contributed by atoms with E-state index in [4.69, 9.17) is 16.3 Å². The Hall–Kier alpha value is -2.81. The molecule has 160 valence electrons. The van der Waals surface area contributed by atoms with Crippen molar-refractivity contribution in [2.24, 2.45) is 0 Å². The molecule has 2 heterocycles. The van der Waals surface area contributed by atoms with Crippen molar-refractivity contribution in [1.29, 1.82) is 0 Å². The quantitative estimate of drug-likeness (QED) is 0.687. The summed E-state index contributed by atoms with van der Waals surface area (Å²) in [6.07, 6.45) is 1.57. The van der Waals surface area contributed by atoms with Crippen LogP contribution in [0.2, 0.25) is 5.02 Å². The summed E-state index contributed by atoms with van der Waals surface area (Å²) in [7, 11) is 0. The molecule has 2 aromatic rings. The average molecular weight is 458 g/mol. The van der Waals surface area contributed by atoms with Crippen molar-refractivity contribution in [3.8, 4) is 0 Å². The second-order valence-corrected chi connectivity index (χ2v) is 8.35. The third-order valence-corrected chi connectivity index (χ3v) is 6.15. The Labute approximate surface area is 189 Å². The molecule has 2 saturated heterocycles. The van der Waals surface area contributed by atoms with Crippen LogP contribution in [0.3, 0.4) is 0 Å². The molecule has 0 saturated carbocycles. The van der Waals surface area contributed by atoms with E-state index in [-0.39, 0.29) is 11.4 Å². The predicted molar refractivity (Wildman–Crippen MR) is 122 cm³/mol. The van der Waals surface area contributed by atoms with E-state index < -0.39 is 17.1 Å². The summed E-state index contributed by atoms with van der Waals surface area (Å²) in [5, 5.41) is 2.82. The summed E-state index contributed by atoms with van der Waals surface area (Å²) in [5.74, 6) is -0.950. The summed E-state index contributed by atoms with van der Waals surface area (Å²) in [5.41, 5.74) is 2.15. The number of ether oxygens (including phenoxy) is 1. The molecule has 1 N–H and O–H groups in total. The molecule has 3 amide bonds. The molecule has 7 nitrogen and oxygen atoms in total. The van der Waals surface area contributed by atoms with Crippen LogP contribution in [0.15, 0.2) is 53.4 Å². The van der Waals surface area contributed by atoms with Crippen LogP contribution in [0.25, 0.3) is 6.08 Å². The van der Waals surface area contributed by atoms with Crippen molar-refractivity contribution >= 4 is 57.9 Å². The number of halogens is 1. The third kappa shape index (κ3) is 4.92. The number of hydrogen-bond acceptors (Lipinski definition) is 6. The summed E-state index contributed by atoms with van der Waals surface area (Å²) >= 11 is 6.93. The van der Waals surface area contributed by atoms with Gasteiger partial charge in [-0.3, -0.25) is 19.3 Å². The molecular formula is C22H20ClN3O4S. The fourth-order valence-corrected chi connectivity index (χ4v) is 4.38. The van der Waals surface area contributed by atoms with E-state index in [0.717, 1.165) is 35.4 Å². The highest BCUT2D eigenvalue weighted by Gasteiger charge is 2.36. The maximum atomic E-state index is 12.7. The molecule has 2 aliphatic rings. The fourth-order valence-electron chi connectivity index (χ4n) is 3.36. The zero-order valence-corrected chi connectivity index (χ0v) is 18.1. The Bertz CT molecular complexity index is 1050. The number of nitrogens with one attached hydrogen (secondary N) is 1. The average Bonchev–Trinajstić information content (AvgIpc) is 3.03. The lowest BCUT2D eigenvalue weighted by atomic mass is 10.2. The maximum Gasteiger partial charge on any atom is 0.294 e. The van der Waals surface area contributed by atoms with Crippen molar-refractivity contribution in [3.05, 3.63) is 64.0 Å². The van der Waals surface area contributed by atoms with Gasteiger partial charge in [0.15, 0.2) is 0 Å². The molecule has 0 bridgehead atoms. The zero-order chi connectivity index (χ0) is 21.8. The highest BCUT2D eigenvalue weighted by Crippen LogP contribution is 2.33. The normalized spacial score (nSPS) is 18.0. The van der Waals surface area contributed by atoms with Crippen LogP contribution in [0.1, 0.15) is 5.56 Å². The second kappa shape index (κ2) is 9.55. The maximum absolute atomic E-state index is 12.7. The molecular weight excluding hydrogens is 438 g/mol. The third-order valence-electron chi connectivity index (χ3n) is 4.90. The van der Waals surface area contributed by atoms with E-state index >= 15 is 0 Å². The van der Waals surface area contributed by atoms with Crippen LogP contribution >= 0.6 is 23.4 Å². The van der Waals surface area contributed by atoms with Crippen molar-refractivity contribution in [2.45, 2.75) is 0 Å². The topological polar surface area (TPSA) is 79.0 Å². The zero-order valence-electron chi connectivity index (χ0n) is 16.5. The highest BCUT2D eigenvalue weighted by molar-refractivity contribution is 8.18. The second-order valence-electron chi connectivity index (χ2n) is 6.95. The van der Waals surface area contributed by atoms with E-state index in [0.29, 0.717) is 29.5 Å². The lowest BCUT2D eigenvalue weighted by Gasteiger charge is -2.30. The molecule has 2 fully saturated rings. The van der Waals surface area contributed by atoms with E-state index in [9.17, 15) is 14.4 Å². The molecule has 0 radical (unpaired) electrons. The summed E-state index contributed by atoms with van der Waals surface area (Å²) in [4.78, 5) is 41.0. The Morgan fingerprint density at radius 2 is 1.81 bits per heavy atom. The highest BCUT2D eigenvalue weighted by atomic mass is 35.5. The molecule has 0 atom stereocenters. The number of nitrogens with zero attached hydrogens (tertiary/aromatic N) is 2. The number of carbonyl (C=O) groups excluding carboxylic acids is 3. The summed E-state index contributed by atoms with van der Waals surface area (Å²) in [6, 6.07) is 14.5. The number of thioether (sulfide) groups is 1. The van der Waals surface area contributed by atoms with Crippen molar-refractivity contribution in [1.82, 2.24) is 4.90 Å². The lowest BCUT2D eigenvalue weighted by Crippen LogP contribution is -2.38. The summed E-state index contributed by atoms with van der Waals surface area (Å²) < 4.78 is 5.39. The van der Waals surface area contributed by atoms with Gasteiger partial charge in [-0.25, -0.2) is 0 Å². The van der Waals surface area contributed by atoms with E-state index in [2.05, 4.69) is 10.2 Å². The SMILES string of the molecule is O=C(CN1C(=O)S/C(=C/c2ccccc2Cl)C1=O)Nc1ccccc1N1CCOCC1. The number of benzene rings is 2. The van der Waals surface area contributed by atoms with E-state index in [1.807, 2.05) is 18.2 Å². The van der Waals surface area contributed by atoms with Crippen LogP contribution in [0.5, 0.6) is 0 Å². The van der Waals surface area contributed by atoms with Gasteiger partial charge in [0, 0.05) is 18.1 Å². The van der Waals surface area contributed by atoms with Gasteiger partial charge < -0.3 is 15.0 Å². The van der Waals surface area contributed by atoms with Gasteiger partial charge in [-0.1, -0.05) is 41.9 Å². The van der Waals surface area contributed by atoms with Crippen LogP contribution in [-0.2, 0) is 14.3 Å². The number of imide groups is 1. The van der Waals surface area contributed by atoms with Gasteiger partial charge in [-0.2, -0.15) is 0 Å². The lowest BCUT2D eigenvalue weighted by molar-refractivity contribution is -0.127. The molecule has 0 unspecified atom stereocenters. The van der Waals surface area contributed by atoms with Crippen LogP contribution in [-0.4, -0.2) is 54.8 Å². The number of rotatable bonds is 5. The minimum Gasteiger partial charge on any atom is -0.378 e. The van der Waals surface area contributed by atoms with Crippen LogP contribution in [0, 0.1) is 0 Å². The molecule has 2 aromatic carbocycles. The molecule has 9 heteroatoms. The number of para-hydroxylation sites is 2. The number of carbonyl (C=O) groups is 3. The van der Waals surface area contributed by atoms with E-state index in [1.54, 1.807) is 36.4 Å². The number of amides is 3. The minimum absolute atomic E-state index is 0.236. The monoisotopic (exact) mass is 457 g/mol. The first-order chi connectivity index (χ1) is 15.0. The van der Waals surface area contributed by atoms with Gasteiger partial charge >= 0.3 is 0 Å². The first-order valence-electron chi connectivity index (χ1n) is 9.74. The Kier molecular flexibility index (Phi) is 6.60. The number of hydrogen-bond donors (Lipinski definition) is 1. The minimum atomic E-state index is -0.508. The number of morpholine rings is 1. The van der Waals surface area contributed by atoms with Crippen molar-refractivity contribution < 1.29 is 19.1 Å². The van der Waals surface area contributed by atoms with Gasteiger partial charge in [-0.05, 0) is 41.6 Å². The molecule has 0 aliphatic carbocycles. The summed E-state index contributed by atoms with van der Waals surface area (Å²) in [6.45, 7) is 2.33. The molecule has 0 aromatic heterocycles. The first-order valence-corrected chi connectivity index (χ1v) is 10.9. The number of anilines is 2. The molecule has 4 rings (SSSR count). The Balaban J connectivity index is 1.45. The van der Waals surface area contributed by atoms with Crippen molar-refractivity contribution in [3.63, 3.8) is 0 Å². The fraction of sp³-hybridized carbons (Fsp3) is 0.227. The Morgan fingerprint density at radius 3 is 2.58 bits per heavy atom. The standard InChI is InChI=1S/C22H20ClN3O4S/c23-16-6-2-1-5-15(16)13-19-21(28)26(22(29)31-19)14-20(27)24-17-7-3-4-8-18(17)25-9-11-30-12-10-25/h1-8,13H,9-12,14H2,(H,24,27)/b19-13+. The van der Waals surface area contributed by atoms with Crippen LogP contribution in [0.4, 0.5) is 16.2 Å². The van der Waals surface area contributed by atoms with Gasteiger partial charge in [-0.15, -0.1) is 0 Å². The first kappa shape index (κ1) is 21.4. The van der Waals surface area contributed by atoms with E-state index in [1.165, 1.54) is 0 Å². The molecule has 0 spiro atoms. The van der Waals surface area contributed by atoms with Gasteiger partial charge in [0.05, 0.1) is 29.5 Å². The molecule has 31 heavy (non-hydrogen) atoms.